The summed E-state index contributed by atoms with van der Waals surface area (Å²) in [5.74, 6) is 5.88. The molecule has 2 aromatic rings. The maximum absolute atomic E-state index is 11.5. The van der Waals surface area contributed by atoms with Crippen molar-refractivity contribution >= 4 is 17.3 Å². The number of aryl methyl sites for hydroxylation is 1. The van der Waals surface area contributed by atoms with Crippen molar-refractivity contribution in [3.8, 4) is 11.8 Å². The monoisotopic (exact) mass is 254 g/mol. The Hall–Kier alpha value is -2.34. The van der Waals surface area contributed by atoms with E-state index in [1.807, 2.05) is 6.07 Å². The molecule has 0 bridgehead atoms. The molecule has 1 aromatic carbocycles. The fourth-order valence-electron chi connectivity index (χ4n) is 2.04. The van der Waals surface area contributed by atoms with Crippen molar-refractivity contribution in [3.05, 3.63) is 45.3 Å². The van der Waals surface area contributed by atoms with Crippen LogP contribution in [0.4, 0.5) is 0 Å². The highest BCUT2D eigenvalue weighted by Crippen LogP contribution is 2.20. The molecule has 0 amide bonds. The maximum Gasteiger partial charge on any atom is 0.346 e. The molecule has 0 aliphatic carbocycles. The smallest absolute Gasteiger partial charge is 0.346 e. The summed E-state index contributed by atoms with van der Waals surface area (Å²) in [6, 6.07) is 5.28. The number of aldehydes is 1. The third-order valence-electron chi connectivity index (χ3n) is 2.89. The van der Waals surface area contributed by atoms with Gasteiger partial charge in [-0.15, -0.1) is 5.92 Å². The molecule has 3 heteroatoms. The first kappa shape index (κ1) is 13.1. The minimum Gasteiger partial charge on any atom is -0.422 e. The van der Waals surface area contributed by atoms with Gasteiger partial charge in [-0.2, -0.15) is 0 Å². The van der Waals surface area contributed by atoms with Gasteiger partial charge in [0.2, 0.25) is 0 Å². The molecule has 19 heavy (non-hydrogen) atoms. The predicted molar refractivity (Wildman–Crippen MR) is 74.4 cm³/mol. The molecular formula is C16H14O3. The number of carbonyl (C=O) groups is 1. The van der Waals surface area contributed by atoms with Crippen LogP contribution >= 0.6 is 0 Å². The zero-order chi connectivity index (χ0) is 13.8. The molecule has 0 atom stereocenters. The Morgan fingerprint density at radius 1 is 1.32 bits per heavy atom. The van der Waals surface area contributed by atoms with Crippen molar-refractivity contribution < 1.29 is 9.21 Å². The average Bonchev–Trinajstić information content (AvgIpc) is 2.40. The number of hydrogen-bond donors (Lipinski definition) is 0. The Kier molecular flexibility index (Phi) is 3.82. The zero-order valence-corrected chi connectivity index (χ0v) is 10.9. The van der Waals surface area contributed by atoms with Crippen molar-refractivity contribution in [3.63, 3.8) is 0 Å². The van der Waals surface area contributed by atoms with E-state index in [2.05, 4.69) is 18.8 Å². The standard InChI is InChI=1S/C16H14O3/c1-3-5-11-7-13-8-14(10-17)16(18)19-15(13)9-12(11)6-4-2/h7-10H,3,5H2,1-2H3. The summed E-state index contributed by atoms with van der Waals surface area (Å²) in [5.41, 5.74) is 1.88. The van der Waals surface area contributed by atoms with Crippen LogP contribution in [0.5, 0.6) is 0 Å². The van der Waals surface area contributed by atoms with Crippen molar-refractivity contribution in [2.75, 3.05) is 0 Å². The van der Waals surface area contributed by atoms with Crippen LogP contribution in [-0.2, 0) is 6.42 Å². The van der Waals surface area contributed by atoms with Crippen LogP contribution in [0.3, 0.4) is 0 Å². The molecule has 0 saturated heterocycles. The molecule has 0 fully saturated rings. The molecule has 0 N–H and O–H groups in total. The van der Waals surface area contributed by atoms with Crippen molar-refractivity contribution in [2.24, 2.45) is 0 Å². The lowest BCUT2D eigenvalue weighted by atomic mass is 10.0. The summed E-state index contributed by atoms with van der Waals surface area (Å²) >= 11 is 0. The van der Waals surface area contributed by atoms with Crippen molar-refractivity contribution in [1.82, 2.24) is 0 Å². The molecular weight excluding hydrogens is 240 g/mol. The number of benzene rings is 1. The molecule has 3 nitrogen and oxygen atoms in total. The van der Waals surface area contributed by atoms with Crippen LogP contribution in [0.1, 0.15) is 41.8 Å². The molecule has 0 aliphatic heterocycles. The minimum atomic E-state index is -0.610. The second-order valence-corrected chi connectivity index (χ2v) is 4.28. The largest absolute Gasteiger partial charge is 0.422 e. The quantitative estimate of drug-likeness (QED) is 0.480. The summed E-state index contributed by atoms with van der Waals surface area (Å²) < 4.78 is 5.15. The van der Waals surface area contributed by atoms with Gasteiger partial charge in [-0.3, -0.25) is 4.79 Å². The van der Waals surface area contributed by atoms with E-state index in [-0.39, 0.29) is 5.56 Å². The Balaban J connectivity index is 2.75. The third-order valence-corrected chi connectivity index (χ3v) is 2.89. The lowest BCUT2D eigenvalue weighted by Gasteiger charge is -2.06. The highest BCUT2D eigenvalue weighted by molar-refractivity contribution is 5.85. The van der Waals surface area contributed by atoms with Crippen LogP contribution in [0.25, 0.3) is 11.0 Å². The molecule has 0 aliphatic rings. The van der Waals surface area contributed by atoms with Crippen LogP contribution in [-0.4, -0.2) is 6.29 Å². The Morgan fingerprint density at radius 3 is 2.74 bits per heavy atom. The first-order valence-electron chi connectivity index (χ1n) is 6.18. The van der Waals surface area contributed by atoms with E-state index < -0.39 is 5.63 Å². The summed E-state index contributed by atoms with van der Waals surface area (Å²) in [5, 5.41) is 0.756. The van der Waals surface area contributed by atoms with Gasteiger partial charge in [-0.05, 0) is 37.1 Å². The van der Waals surface area contributed by atoms with Crippen molar-refractivity contribution in [1.29, 1.82) is 0 Å². The Bertz CT molecular complexity index is 742. The molecule has 1 heterocycles. The minimum absolute atomic E-state index is 0.0456. The number of hydrogen-bond acceptors (Lipinski definition) is 3. The van der Waals surface area contributed by atoms with Gasteiger partial charge >= 0.3 is 5.63 Å². The molecule has 1 aromatic heterocycles. The van der Waals surface area contributed by atoms with E-state index in [1.165, 1.54) is 0 Å². The first-order valence-corrected chi connectivity index (χ1v) is 6.18. The number of fused-ring (bicyclic) bond motifs is 1. The van der Waals surface area contributed by atoms with E-state index in [1.54, 1.807) is 19.1 Å². The molecule has 0 spiro atoms. The van der Waals surface area contributed by atoms with E-state index in [0.29, 0.717) is 11.9 Å². The van der Waals surface area contributed by atoms with Gasteiger partial charge < -0.3 is 4.42 Å². The van der Waals surface area contributed by atoms with Gasteiger partial charge in [0, 0.05) is 10.9 Å². The molecule has 2 rings (SSSR count). The highest BCUT2D eigenvalue weighted by atomic mass is 16.4. The van der Waals surface area contributed by atoms with Gasteiger partial charge in [0.25, 0.3) is 0 Å². The van der Waals surface area contributed by atoms with Gasteiger partial charge in [-0.1, -0.05) is 19.3 Å². The average molecular weight is 254 g/mol. The van der Waals surface area contributed by atoms with Gasteiger partial charge in [0.05, 0.1) is 0 Å². The molecule has 96 valence electrons. The summed E-state index contributed by atoms with van der Waals surface area (Å²) in [4.78, 5) is 22.3. The van der Waals surface area contributed by atoms with Crippen LogP contribution in [0, 0.1) is 11.8 Å². The first-order chi connectivity index (χ1) is 9.19. The fourth-order valence-corrected chi connectivity index (χ4v) is 2.04. The zero-order valence-electron chi connectivity index (χ0n) is 10.9. The summed E-state index contributed by atoms with van der Waals surface area (Å²) in [7, 11) is 0. The second kappa shape index (κ2) is 5.53. The van der Waals surface area contributed by atoms with Crippen LogP contribution < -0.4 is 5.63 Å². The number of carbonyl (C=O) groups excluding carboxylic acids is 1. The second-order valence-electron chi connectivity index (χ2n) is 4.28. The lowest BCUT2D eigenvalue weighted by Crippen LogP contribution is -2.06. The number of rotatable bonds is 3. The van der Waals surface area contributed by atoms with Gasteiger partial charge in [0.15, 0.2) is 6.29 Å². The third kappa shape index (κ3) is 2.58. The SMILES string of the molecule is CC#Cc1cc2oc(=O)c(C=O)cc2cc1CCC. The summed E-state index contributed by atoms with van der Waals surface area (Å²) in [6.07, 6.45) is 2.42. The van der Waals surface area contributed by atoms with Gasteiger partial charge in [0.1, 0.15) is 11.1 Å². The summed E-state index contributed by atoms with van der Waals surface area (Å²) in [6.45, 7) is 3.86. The maximum atomic E-state index is 11.5. The normalized spacial score (nSPS) is 10.0. The van der Waals surface area contributed by atoms with Crippen LogP contribution in [0.15, 0.2) is 27.4 Å². The molecule has 0 unspecified atom stereocenters. The van der Waals surface area contributed by atoms with Crippen molar-refractivity contribution in [2.45, 2.75) is 26.7 Å². The predicted octanol–water partition coefficient (Wildman–Crippen LogP) is 2.93. The lowest BCUT2D eigenvalue weighted by molar-refractivity contribution is 0.112. The van der Waals surface area contributed by atoms with Crippen LogP contribution in [0.2, 0.25) is 0 Å². The van der Waals surface area contributed by atoms with E-state index in [0.717, 1.165) is 29.4 Å². The molecule has 0 saturated carbocycles. The Labute approximate surface area is 111 Å². The Morgan fingerprint density at radius 2 is 2.11 bits per heavy atom. The fraction of sp³-hybridized carbons (Fsp3) is 0.250. The van der Waals surface area contributed by atoms with E-state index in [4.69, 9.17) is 4.42 Å². The highest BCUT2D eigenvalue weighted by Gasteiger charge is 2.08. The topological polar surface area (TPSA) is 47.3 Å². The van der Waals surface area contributed by atoms with E-state index >= 15 is 0 Å². The van der Waals surface area contributed by atoms with Gasteiger partial charge in [-0.25, -0.2) is 4.79 Å². The van der Waals surface area contributed by atoms with E-state index in [9.17, 15) is 9.59 Å². The molecule has 0 radical (unpaired) electrons.